The summed E-state index contributed by atoms with van der Waals surface area (Å²) in [5, 5.41) is 9.62. The Morgan fingerprint density at radius 3 is 2.71 bits per heavy atom. The Morgan fingerprint density at radius 2 is 2.14 bits per heavy atom. The fraction of sp³-hybridized carbons (Fsp3) is 0.455. The van der Waals surface area contributed by atoms with Crippen LogP contribution in [0.5, 0.6) is 5.75 Å². The van der Waals surface area contributed by atoms with Crippen molar-refractivity contribution in [3.63, 3.8) is 0 Å². The van der Waals surface area contributed by atoms with Gasteiger partial charge >= 0.3 is 0 Å². The molecular formula is C11H15ClO2. The summed E-state index contributed by atoms with van der Waals surface area (Å²) in [6.07, 6.45) is 0. The zero-order valence-electron chi connectivity index (χ0n) is 8.46. The summed E-state index contributed by atoms with van der Waals surface area (Å²) in [6, 6.07) is 5.37. The molecule has 0 amide bonds. The number of hydrogen-bond acceptors (Lipinski definition) is 2. The number of halogens is 1. The highest BCUT2D eigenvalue weighted by atomic mass is 35.5. The molecule has 1 aromatic rings. The van der Waals surface area contributed by atoms with Crippen LogP contribution >= 0.6 is 11.6 Å². The third-order valence-corrected chi connectivity index (χ3v) is 2.08. The number of ether oxygens (including phenoxy) is 1. The molecule has 0 heterocycles. The first kappa shape index (κ1) is 11.3. The lowest BCUT2D eigenvalue weighted by molar-refractivity contribution is 0.246. The second-order valence-corrected chi connectivity index (χ2v) is 4.00. The highest BCUT2D eigenvalue weighted by Gasteiger charge is 2.07. The van der Waals surface area contributed by atoms with Gasteiger partial charge in [0.15, 0.2) is 0 Å². The largest absolute Gasteiger partial charge is 0.491 e. The molecule has 1 N–H and O–H groups in total. The number of aliphatic hydroxyl groups excluding tert-OH is 1. The minimum absolute atomic E-state index is 0.0476. The van der Waals surface area contributed by atoms with E-state index < -0.39 is 0 Å². The van der Waals surface area contributed by atoms with E-state index in [0.717, 1.165) is 5.56 Å². The maximum Gasteiger partial charge on any atom is 0.143 e. The zero-order valence-corrected chi connectivity index (χ0v) is 9.21. The summed E-state index contributed by atoms with van der Waals surface area (Å²) in [5.74, 6) is 1.04. The highest BCUT2D eigenvalue weighted by Crippen LogP contribution is 2.28. The minimum atomic E-state index is -0.0476. The summed E-state index contributed by atoms with van der Waals surface area (Å²) >= 11 is 5.96. The lowest BCUT2D eigenvalue weighted by Gasteiger charge is -2.13. The van der Waals surface area contributed by atoms with Gasteiger partial charge in [-0.05, 0) is 12.0 Å². The SMILES string of the molecule is CC(C)COc1c(Cl)cccc1CO. The van der Waals surface area contributed by atoms with Crippen molar-refractivity contribution in [2.75, 3.05) is 6.61 Å². The zero-order chi connectivity index (χ0) is 10.6. The highest BCUT2D eigenvalue weighted by molar-refractivity contribution is 6.32. The topological polar surface area (TPSA) is 29.5 Å². The van der Waals surface area contributed by atoms with Crippen LogP contribution in [0.15, 0.2) is 18.2 Å². The van der Waals surface area contributed by atoms with E-state index in [-0.39, 0.29) is 6.61 Å². The number of para-hydroxylation sites is 1. The van der Waals surface area contributed by atoms with Crippen molar-refractivity contribution in [2.45, 2.75) is 20.5 Å². The van der Waals surface area contributed by atoms with Crippen molar-refractivity contribution in [1.82, 2.24) is 0 Å². The third-order valence-electron chi connectivity index (χ3n) is 1.78. The molecule has 0 spiro atoms. The molecule has 0 unspecified atom stereocenters. The molecule has 0 saturated heterocycles. The standard InChI is InChI=1S/C11H15ClO2/c1-8(2)7-14-11-9(6-13)4-3-5-10(11)12/h3-5,8,13H,6-7H2,1-2H3. The predicted octanol–water partition coefficient (Wildman–Crippen LogP) is 2.87. The van der Waals surface area contributed by atoms with E-state index in [9.17, 15) is 0 Å². The molecule has 0 fully saturated rings. The van der Waals surface area contributed by atoms with Crippen LogP contribution in [0.1, 0.15) is 19.4 Å². The van der Waals surface area contributed by atoms with Crippen LogP contribution in [0.3, 0.4) is 0 Å². The van der Waals surface area contributed by atoms with E-state index in [1.165, 1.54) is 0 Å². The first-order valence-electron chi connectivity index (χ1n) is 4.66. The Bertz CT molecular complexity index is 297. The van der Waals surface area contributed by atoms with Gasteiger partial charge in [-0.15, -0.1) is 0 Å². The molecule has 0 bridgehead atoms. The van der Waals surface area contributed by atoms with E-state index in [2.05, 4.69) is 13.8 Å². The fourth-order valence-corrected chi connectivity index (χ4v) is 1.34. The number of rotatable bonds is 4. The summed E-state index contributed by atoms with van der Waals surface area (Å²) in [6.45, 7) is 4.69. The average molecular weight is 215 g/mol. The van der Waals surface area contributed by atoms with E-state index in [1.54, 1.807) is 12.1 Å². The molecule has 0 saturated carbocycles. The molecule has 0 atom stereocenters. The normalized spacial score (nSPS) is 10.6. The Kier molecular flexibility index (Phi) is 4.23. The fourth-order valence-electron chi connectivity index (χ4n) is 1.09. The maximum atomic E-state index is 9.07. The summed E-state index contributed by atoms with van der Waals surface area (Å²) in [5.41, 5.74) is 0.734. The van der Waals surface area contributed by atoms with Crippen LogP contribution in [-0.4, -0.2) is 11.7 Å². The average Bonchev–Trinajstić information content (AvgIpc) is 2.15. The molecule has 0 aliphatic carbocycles. The molecule has 1 aromatic carbocycles. The van der Waals surface area contributed by atoms with Crippen LogP contribution in [0.25, 0.3) is 0 Å². The number of hydrogen-bond donors (Lipinski definition) is 1. The number of benzene rings is 1. The lowest BCUT2D eigenvalue weighted by atomic mass is 10.2. The van der Waals surface area contributed by atoms with Crippen molar-refractivity contribution in [2.24, 2.45) is 5.92 Å². The number of aliphatic hydroxyl groups is 1. The van der Waals surface area contributed by atoms with Crippen molar-refractivity contribution < 1.29 is 9.84 Å². The Hall–Kier alpha value is -0.730. The van der Waals surface area contributed by atoms with Gasteiger partial charge < -0.3 is 9.84 Å². The van der Waals surface area contributed by atoms with E-state index >= 15 is 0 Å². The van der Waals surface area contributed by atoms with Crippen molar-refractivity contribution in [1.29, 1.82) is 0 Å². The second kappa shape index (κ2) is 5.23. The molecule has 0 aliphatic heterocycles. The van der Waals surface area contributed by atoms with Crippen molar-refractivity contribution in [3.05, 3.63) is 28.8 Å². The summed E-state index contributed by atoms with van der Waals surface area (Å²) < 4.78 is 5.53. The molecule has 3 heteroatoms. The molecule has 0 radical (unpaired) electrons. The first-order valence-corrected chi connectivity index (χ1v) is 5.04. The Labute approximate surface area is 89.5 Å². The van der Waals surface area contributed by atoms with Crippen LogP contribution in [0.4, 0.5) is 0 Å². The first-order chi connectivity index (χ1) is 6.65. The van der Waals surface area contributed by atoms with E-state index in [4.69, 9.17) is 21.4 Å². The van der Waals surface area contributed by atoms with Crippen LogP contribution in [-0.2, 0) is 6.61 Å². The van der Waals surface area contributed by atoms with Crippen LogP contribution in [0, 0.1) is 5.92 Å². The monoisotopic (exact) mass is 214 g/mol. The molecule has 78 valence electrons. The summed E-state index contributed by atoms with van der Waals surface area (Å²) in [4.78, 5) is 0. The third kappa shape index (κ3) is 2.89. The van der Waals surface area contributed by atoms with Gasteiger partial charge in [0, 0.05) is 5.56 Å². The quantitative estimate of drug-likeness (QED) is 0.835. The van der Waals surface area contributed by atoms with Gasteiger partial charge in [-0.2, -0.15) is 0 Å². The molecule has 1 rings (SSSR count). The van der Waals surface area contributed by atoms with Crippen molar-refractivity contribution >= 4 is 11.6 Å². The maximum absolute atomic E-state index is 9.07. The lowest BCUT2D eigenvalue weighted by Crippen LogP contribution is -2.06. The predicted molar refractivity (Wildman–Crippen MR) is 57.7 cm³/mol. The molecule has 0 aromatic heterocycles. The van der Waals surface area contributed by atoms with Gasteiger partial charge in [-0.1, -0.05) is 37.6 Å². The Morgan fingerprint density at radius 1 is 1.43 bits per heavy atom. The smallest absolute Gasteiger partial charge is 0.143 e. The Balaban J connectivity index is 2.82. The minimum Gasteiger partial charge on any atom is -0.491 e. The molecule has 0 aliphatic rings. The van der Waals surface area contributed by atoms with Gasteiger partial charge in [-0.3, -0.25) is 0 Å². The molecule has 14 heavy (non-hydrogen) atoms. The van der Waals surface area contributed by atoms with Gasteiger partial charge in [0.25, 0.3) is 0 Å². The summed E-state index contributed by atoms with van der Waals surface area (Å²) in [7, 11) is 0. The van der Waals surface area contributed by atoms with E-state index in [0.29, 0.717) is 23.3 Å². The van der Waals surface area contributed by atoms with Crippen LogP contribution < -0.4 is 4.74 Å². The van der Waals surface area contributed by atoms with Crippen molar-refractivity contribution in [3.8, 4) is 5.75 Å². The van der Waals surface area contributed by atoms with Gasteiger partial charge in [-0.25, -0.2) is 0 Å². The van der Waals surface area contributed by atoms with E-state index in [1.807, 2.05) is 6.07 Å². The second-order valence-electron chi connectivity index (χ2n) is 3.59. The van der Waals surface area contributed by atoms with Gasteiger partial charge in [0.05, 0.1) is 18.2 Å². The molecular weight excluding hydrogens is 200 g/mol. The molecule has 2 nitrogen and oxygen atoms in total. The van der Waals surface area contributed by atoms with Gasteiger partial charge in [0.2, 0.25) is 0 Å². The van der Waals surface area contributed by atoms with Gasteiger partial charge in [0.1, 0.15) is 5.75 Å². The van der Waals surface area contributed by atoms with Crippen LogP contribution in [0.2, 0.25) is 5.02 Å².